The molecule has 0 radical (unpaired) electrons. The van der Waals surface area contributed by atoms with Crippen LogP contribution in [0.3, 0.4) is 0 Å². The van der Waals surface area contributed by atoms with E-state index in [0.717, 1.165) is 11.8 Å². The van der Waals surface area contributed by atoms with Crippen LogP contribution in [0.2, 0.25) is 0 Å². The van der Waals surface area contributed by atoms with E-state index < -0.39 is 11.8 Å². The molecule has 0 spiro atoms. The van der Waals surface area contributed by atoms with Gasteiger partial charge in [0.2, 0.25) is 0 Å². The van der Waals surface area contributed by atoms with E-state index in [1.54, 1.807) is 12.1 Å². The predicted molar refractivity (Wildman–Crippen MR) is 54.7 cm³/mol. The molecule has 1 heterocycles. The lowest BCUT2D eigenvalue weighted by Gasteiger charge is -1.98. The first-order valence-electron chi connectivity index (χ1n) is 4.70. The van der Waals surface area contributed by atoms with E-state index in [-0.39, 0.29) is 17.9 Å². The van der Waals surface area contributed by atoms with Crippen LogP contribution < -0.4 is 0 Å². The first kappa shape index (κ1) is 12.1. The first-order valence-corrected chi connectivity index (χ1v) is 4.70. The van der Waals surface area contributed by atoms with Crippen molar-refractivity contribution in [1.29, 1.82) is 0 Å². The van der Waals surface area contributed by atoms with E-state index in [1.165, 1.54) is 0 Å². The molecule has 0 aromatic heterocycles. The van der Waals surface area contributed by atoms with Gasteiger partial charge in [-0.25, -0.2) is 0 Å². The number of carbonyl (C=O) groups is 3. The molecule has 84 valence electrons. The van der Waals surface area contributed by atoms with Crippen molar-refractivity contribution in [2.75, 3.05) is 0 Å². The Kier molecular flexibility index (Phi) is 4.35. The molecule has 2 amide bonds. The second-order valence-electron chi connectivity index (χ2n) is 3.13. The third kappa shape index (κ3) is 3.29. The number of hydroxylamine groups is 2. The maximum atomic E-state index is 10.2. The molecule has 5 nitrogen and oxygen atoms in total. The molecule has 5 heteroatoms. The Balaban J connectivity index is 0.000000160. The number of hydrogen-bond donors (Lipinski definition) is 1. The lowest BCUT2D eigenvalue weighted by molar-refractivity contribution is -0.171. The predicted octanol–water partition coefficient (Wildman–Crippen LogP) is 1.02. The van der Waals surface area contributed by atoms with E-state index in [4.69, 9.17) is 5.21 Å². The quantitative estimate of drug-likeness (QED) is 0.436. The molecule has 1 N–H and O–H groups in total. The van der Waals surface area contributed by atoms with Crippen molar-refractivity contribution in [3.8, 4) is 0 Å². The number of imide groups is 1. The van der Waals surface area contributed by atoms with Crippen LogP contribution in [-0.2, 0) is 9.59 Å². The Bertz CT molecular complexity index is 372. The van der Waals surface area contributed by atoms with Gasteiger partial charge in [-0.3, -0.25) is 19.6 Å². The van der Waals surface area contributed by atoms with Crippen molar-refractivity contribution < 1.29 is 19.6 Å². The van der Waals surface area contributed by atoms with Crippen molar-refractivity contribution in [2.24, 2.45) is 0 Å². The summed E-state index contributed by atoms with van der Waals surface area (Å²) in [7, 11) is 0. The summed E-state index contributed by atoms with van der Waals surface area (Å²) in [5, 5.41) is 8.57. The molecule has 0 saturated carbocycles. The summed E-state index contributed by atoms with van der Waals surface area (Å²) in [4.78, 5) is 30.5. The normalized spacial score (nSPS) is 14.4. The second kappa shape index (κ2) is 5.77. The summed E-state index contributed by atoms with van der Waals surface area (Å²) >= 11 is 0. The highest BCUT2D eigenvalue weighted by molar-refractivity contribution is 6.00. The van der Waals surface area contributed by atoms with Gasteiger partial charge in [0.05, 0.1) is 0 Å². The Morgan fingerprint density at radius 1 is 1.06 bits per heavy atom. The largest absolute Gasteiger partial charge is 0.298 e. The Hall–Kier alpha value is -2.01. The molecule has 1 aliphatic rings. The SMILES string of the molecule is O=C1CCC(=O)N1O.O=Cc1ccccc1. The summed E-state index contributed by atoms with van der Waals surface area (Å²) in [6.45, 7) is 0. The van der Waals surface area contributed by atoms with Gasteiger partial charge in [0.15, 0.2) is 0 Å². The first-order chi connectivity index (χ1) is 7.65. The van der Waals surface area contributed by atoms with Crippen molar-refractivity contribution in [3.63, 3.8) is 0 Å². The minimum Gasteiger partial charge on any atom is -0.298 e. The highest BCUT2D eigenvalue weighted by atomic mass is 16.5. The lowest BCUT2D eigenvalue weighted by Crippen LogP contribution is -2.24. The number of amides is 2. The minimum absolute atomic E-state index is 0.148. The molecule has 16 heavy (non-hydrogen) atoms. The monoisotopic (exact) mass is 221 g/mol. The number of aldehydes is 1. The van der Waals surface area contributed by atoms with Crippen LogP contribution in [0.25, 0.3) is 0 Å². The number of rotatable bonds is 1. The van der Waals surface area contributed by atoms with Gasteiger partial charge in [-0.05, 0) is 0 Å². The number of hydrogen-bond acceptors (Lipinski definition) is 4. The van der Waals surface area contributed by atoms with Gasteiger partial charge < -0.3 is 0 Å². The van der Waals surface area contributed by atoms with E-state index >= 15 is 0 Å². The van der Waals surface area contributed by atoms with Crippen LogP contribution in [0, 0.1) is 0 Å². The summed E-state index contributed by atoms with van der Waals surface area (Å²) in [5.41, 5.74) is 0.729. The highest BCUT2D eigenvalue weighted by Crippen LogP contribution is 2.07. The van der Waals surface area contributed by atoms with Gasteiger partial charge >= 0.3 is 0 Å². The molecule has 1 aromatic rings. The average molecular weight is 221 g/mol. The third-order valence-corrected chi connectivity index (χ3v) is 1.96. The Labute approximate surface area is 92.2 Å². The highest BCUT2D eigenvalue weighted by Gasteiger charge is 2.26. The van der Waals surface area contributed by atoms with Crippen LogP contribution in [0.4, 0.5) is 0 Å². The lowest BCUT2D eigenvalue weighted by atomic mass is 10.2. The zero-order valence-corrected chi connectivity index (χ0v) is 8.50. The van der Waals surface area contributed by atoms with Gasteiger partial charge in [0.1, 0.15) is 6.29 Å². The summed E-state index contributed by atoms with van der Waals surface area (Å²) < 4.78 is 0. The van der Waals surface area contributed by atoms with Gasteiger partial charge in [0, 0.05) is 18.4 Å². The van der Waals surface area contributed by atoms with E-state index in [0.29, 0.717) is 0 Å². The van der Waals surface area contributed by atoms with E-state index in [2.05, 4.69) is 0 Å². The van der Waals surface area contributed by atoms with Crippen LogP contribution in [0.15, 0.2) is 30.3 Å². The standard InChI is InChI=1S/C7H6O.C4H5NO3/c8-6-7-4-2-1-3-5-7;6-3-1-2-4(7)5(3)8/h1-6H;8H,1-2H2. The van der Waals surface area contributed by atoms with Crippen molar-refractivity contribution in [3.05, 3.63) is 35.9 Å². The van der Waals surface area contributed by atoms with E-state index in [1.807, 2.05) is 18.2 Å². The molecule has 0 unspecified atom stereocenters. The molecule has 0 aliphatic carbocycles. The van der Waals surface area contributed by atoms with Crippen LogP contribution in [0.5, 0.6) is 0 Å². The number of carbonyl (C=O) groups excluding carboxylic acids is 3. The van der Waals surface area contributed by atoms with Crippen molar-refractivity contribution in [2.45, 2.75) is 12.8 Å². The van der Waals surface area contributed by atoms with Gasteiger partial charge in [0.25, 0.3) is 11.8 Å². The number of benzene rings is 1. The molecule has 0 atom stereocenters. The van der Waals surface area contributed by atoms with Gasteiger partial charge in [-0.2, -0.15) is 5.06 Å². The molecule has 0 bridgehead atoms. The fourth-order valence-corrected chi connectivity index (χ4v) is 1.10. The number of nitrogens with zero attached hydrogens (tertiary/aromatic N) is 1. The molecule has 1 saturated heterocycles. The summed E-state index contributed by atoms with van der Waals surface area (Å²) in [6, 6.07) is 9.10. The molecule has 1 aromatic carbocycles. The van der Waals surface area contributed by atoms with Crippen LogP contribution >= 0.6 is 0 Å². The minimum atomic E-state index is -0.505. The summed E-state index contributed by atoms with van der Waals surface area (Å²) in [6.07, 6.45) is 1.13. The third-order valence-electron chi connectivity index (χ3n) is 1.96. The molecule has 1 aliphatic heterocycles. The smallest absolute Gasteiger partial charge is 0.253 e. The average Bonchev–Trinajstić information content (AvgIpc) is 2.62. The maximum Gasteiger partial charge on any atom is 0.253 e. The molecule has 2 rings (SSSR count). The van der Waals surface area contributed by atoms with Crippen LogP contribution in [-0.4, -0.2) is 28.4 Å². The van der Waals surface area contributed by atoms with Gasteiger partial charge in [-0.15, -0.1) is 0 Å². The maximum absolute atomic E-state index is 10.2. The molecule has 1 fully saturated rings. The molecular formula is C11H11NO4. The van der Waals surface area contributed by atoms with Crippen molar-refractivity contribution >= 4 is 18.1 Å². The van der Waals surface area contributed by atoms with Crippen molar-refractivity contribution in [1.82, 2.24) is 5.06 Å². The van der Waals surface area contributed by atoms with Crippen LogP contribution in [0.1, 0.15) is 23.2 Å². The Morgan fingerprint density at radius 2 is 1.56 bits per heavy atom. The Morgan fingerprint density at radius 3 is 1.81 bits per heavy atom. The second-order valence-corrected chi connectivity index (χ2v) is 3.13. The fourth-order valence-electron chi connectivity index (χ4n) is 1.10. The van der Waals surface area contributed by atoms with E-state index in [9.17, 15) is 14.4 Å². The van der Waals surface area contributed by atoms with Gasteiger partial charge in [-0.1, -0.05) is 30.3 Å². The zero-order valence-electron chi connectivity index (χ0n) is 8.50. The zero-order chi connectivity index (χ0) is 12.0. The topological polar surface area (TPSA) is 74.7 Å². The fraction of sp³-hybridized carbons (Fsp3) is 0.182. The molecular weight excluding hydrogens is 210 g/mol. The summed E-state index contributed by atoms with van der Waals surface area (Å²) in [5.74, 6) is -1.01.